The highest BCUT2D eigenvalue weighted by Crippen LogP contribution is 2.60. The van der Waals surface area contributed by atoms with E-state index in [9.17, 15) is 14.9 Å². The minimum atomic E-state index is -0.997. The monoisotopic (exact) mass is 320 g/mol. The summed E-state index contributed by atoms with van der Waals surface area (Å²) in [6, 6.07) is 3.85. The van der Waals surface area contributed by atoms with Gasteiger partial charge >= 0.3 is 13.1 Å². The highest BCUT2D eigenvalue weighted by Gasteiger charge is 2.54. The van der Waals surface area contributed by atoms with Gasteiger partial charge in [0.15, 0.2) is 0 Å². The number of benzene rings is 1. The van der Waals surface area contributed by atoms with Crippen molar-refractivity contribution in [3.63, 3.8) is 0 Å². The number of carboxylic acid groups (broad SMARTS) is 1. The molecule has 3 aliphatic rings. The predicted molar refractivity (Wildman–Crippen MR) is 82.7 cm³/mol. The molecule has 0 radical (unpaired) electrons. The van der Waals surface area contributed by atoms with Crippen molar-refractivity contribution in [1.82, 2.24) is 0 Å². The van der Waals surface area contributed by atoms with E-state index in [2.05, 4.69) is 6.92 Å². The van der Waals surface area contributed by atoms with Gasteiger partial charge in [0.25, 0.3) is 0 Å². The van der Waals surface area contributed by atoms with Crippen molar-refractivity contribution in [2.75, 3.05) is 13.2 Å². The van der Waals surface area contributed by atoms with Crippen molar-refractivity contribution in [2.24, 2.45) is 5.92 Å². The second-order valence-electron chi connectivity index (χ2n) is 6.30. The van der Waals surface area contributed by atoms with Crippen molar-refractivity contribution in [1.29, 1.82) is 0 Å². The van der Waals surface area contributed by atoms with Gasteiger partial charge in [-0.2, -0.15) is 0 Å². The number of carboxylic acids is 1. The quantitative estimate of drug-likeness (QED) is 0.654. The summed E-state index contributed by atoms with van der Waals surface area (Å²) in [6.45, 7) is 3.57. The van der Waals surface area contributed by atoms with Crippen molar-refractivity contribution in [3.05, 3.63) is 23.3 Å². The van der Waals surface area contributed by atoms with E-state index in [-0.39, 0.29) is 22.5 Å². The summed E-state index contributed by atoms with van der Waals surface area (Å²) in [5.41, 5.74) is 1.12. The first kappa shape index (κ1) is 14.4. The highest BCUT2D eigenvalue weighted by molar-refractivity contribution is 8.00. The number of hydrogen-bond donors (Lipinski definition) is 2. The molecule has 1 saturated heterocycles. The average molecular weight is 320 g/mol. The Bertz CT molecular complexity index is 633. The van der Waals surface area contributed by atoms with Crippen molar-refractivity contribution in [2.45, 2.75) is 35.2 Å². The SMILES string of the molecule is C[C@H](Sc1ccc2c(c1C(=O)O)OB(O)[C@H]1C[C@@H]21)C1COC1. The van der Waals surface area contributed by atoms with E-state index in [1.54, 1.807) is 11.8 Å². The van der Waals surface area contributed by atoms with Gasteiger partial charge in [-0.05, 0) is 24.0 Å². The summed E-state index contributed by atoms with van der Waals surface area (Å²) in [5, 5.41) is 19.9. The molecular weight excluding hydrogens is 303 g/mol. The lowest BCUT2D eigenvalue weighted by Gasteiger charge is -2.31. The van der Waals surface area contributed by atoms with Crippen LogP contribution >= 0.6 is 11.8 Å². The Balaban J connectivity index is 1.69. The molecule has 0 aromatic heterocycles. The summed E-state index contributed by atoms with van der Waals surface area (Å²) in [5.74, 6) is 0.192. The zero-order chi connectivity index (χ0) is 15.4. The van der Waals surface area contributed by atoms with Gasteiger partial charge in [0.05, 0.1) is 13.2 Å². The van der Waals surface area contributed by atoms with E-state index in [0.717, 1.165) is 25.2 Å². The fraction of sp³-hybridized carbons (Fsp3) is 0.533. The molecule has 0 unspecified atom stereocenters. The lowest BCUT2D eigenvalue weighted by molar-refractivity contribution is -0.0302. The largest absolute Gasteiger partial charge is 0.535 e. The van der Waals surface area contributed by atoms with Crippen LogP contribution in [0, 0.1) is 5.92 Å². The zero-order valence-corrected chi connectivity index (χ0v) is 13.0. The van der Waals surface area contributed by atoms with Gasteiger partial charge in [0.1, 0.15) is 11.3 Å². The van der Waals surface area contributed by atoms with Crippen molar-refractivity contribution >= 4 is 24.8 Å². The van der Waals surface area contributed by atoms with Gasteiger partial charge in [-0.1, -0.05) is 13.0 Å². The Kier molecular flexibility index (Phi) is 3.40. The van der Waals surface area contributed by atoms with Crippen LogP contribution in [0.25, 0.3) is 0 Å². The number of aromatic carboxylic acids is 1. The van der Waals surface area contributed by atoms with Crippen LogP contribution in [0.4, 0.5) is 0 Å². The number of hydrogen-bond acceptors (Lipinski definition) is 5. The molecule has 3 atom stereocenters. The maximum Gasteiger partial charge on any atom is 0.526 e. The summed E-state index contributed by atoms with van der Waals surface area (Å²) >= 11 is 1.55. The first-order valence-corrected chi connectivity index (χ1v) is 8.43. The van der Waals surface area contributed by atoms with Gasteiger partial charge in [-0.3, -0.25) is 0 Å². The molecule has 2 fully saturated rings. The zero-order valence-electron chi connectivity index (χ0n) is 12.2. The molecule has 1 aromatic carbocycles. The molecule has 5 nitrogen and oxygen atoms in total. The Labute approximate surface area is 133 Å². The molecular formula is C15H17BO5S. The van der Waals surface area contributed by atoms with Crippen LogP contribution in [0.3, 0.4) is 0 Å². The van der Waals surface area contributed by atoms with E-state index in [1.165, 1.54) is 0 Å². The summed E-state index contributed by atoms with van der Waals surface area (Å²) in [7, 11) is -0.881. The smallest absolute Gasteiger partial charge is 0.526 e. The Morgan fingerprint density at radius 3 is 2.86 bits per heavy atom. The normalized spacial score (nSPS) is 27.3. The molecule has 1 aliphatic carbocycles. The molecule has 0 spiro atoms. The van der Waals surface area contributed by atoms with Crippen LogP contribution in [-0.4, -0.2) is 41.7 Å². The summed E-state index contributed by atoms with van der Waals surface area (Å²) in [4.78, 5) is 12.5. The maximum absolute atomic E-state index is 11.8. The van der Waals surface area contributed by atoms with Gasteiger partial charge < -0.3 is 19.5 Å². The van der Waals surface area contributed by atoms with Crippen LogP contribution in [0.1, 0.15) is 35.2 Å². The molecule has 1 saturated carbocycles. The molecule has 2 heterocycles. The molecule has 4 rings (SSSR count). The molecule has 7 heteroatoms. The van der Waals surface area contributed by atoms with Crippen LogP contribution in [-0.2, 0) is 4.74 Å². The second-order valence-corrected chi connectivity index (χ2v) is 7.72. The standard InChI is InChI=1S/C15H17BO5S/c1-7(8-5-20-6-8)22-12-3-2-9-10-4-11(10)16(19)21-14(9)13(12)15(17)18/h2-3,7-8,10-11,19H,4-6H2,1H3,(H,17,18)/t7-,10-,11-/m0/s1. The third kappa shape index (κ3) is 2.23. The van der Waals surface area contributed by atoms with E-state index in [0.29, 0.717) is 16.6 Å². The third-order valence-electron chi connectivity index (χ3n) is 4.85. The molecule has 0 amide bonds. The third-order valence-corrected chi connectivity index (χ3v) is 6.20. The van der Waals surface area contributed by atoms with Crippen LogP contribution in [0.2, 0.25) is 5.82 Å². The average Bonchev–Trinajstić information content (AvgIpc) is 3.16. The van der Waals surface area contributed by atoms with E-state index >= 15 is 0 Å². The lowest BCUT2D eigenvalue weighted by atomic mass is 9.77. The Hall–Kier alpha value is -1.18. The molecule has 2 aliphatic heterocycles. The number of carbonyl (C=O) groups is 1. The number of rotatable bonds is 4. The molecule has 2 N–H and O–H groups in total. The first-order chi connectivity index (χ1) is 10.6. The molecule has 22 heavy (non-hydrogen) atoms. The molecule has 0 bridgehead atoms. The van der Waals surface area contributed by atoms with Gasteiger partial charge in [0.2, 0.25) is 0 Å². The Morgan fingerprint density at radius 1 is 1.45 bits per heavy atom. The number of ether oxygens (including phenoxy) is 1. The van der Waals surface area contributed by atoms with Gasteiger partial charge in [0, 0.05) is 21.9 Å². The minimum absolute atomic E-state index is 0.124. The molecule has 1 aromatic rings. The Morgan fingerprint density at radius 2 is 2.23 bits per heavy atom. The predicted octanol–water partition coefficient (Wildman–Crippen LogP) is 2.24. The maximum atomic E-state index is 11.8. The number of fused-ring (bicyclic) bond motifs is 3. The van der Waals surface area contributed by atoms with Crippen molar-refractivity contribution in [3.8, 4) is 5.75 Å². The van der Waals surface area contributed by atoms with E-state index < -0.39 is 13.1 Å². The van der Waals surface area contributed by atoms with Crippen molar-refractivity contribution < 1.29 is 24.3 Å². The fourth-order valence-electron chi connectivity index (χ4n) is 3.22. The first-order valence-electron chi connectivity index (χ1n) is 7.55. The minimum Gasteiger partial charge on any atom is -0.535 e. The number of thioether (sulfide) groups is 1. The van der Waals surface area contributed by atoms with E-state index in [1.807, 2.05) is 12.1 Å². The summed E-state index contributed by atoms with van der Waals surface area (Å²) < 4.78 is 10.7. The highest BCUT2D eigenvalue weighted by atomic mass is 32.2. The van der Waals surface area contributed by atoms with E-state index in [4.69, 9.17) is 9.39 Å². The lowest BCUT2D eigenvalue weighted by Crippen LogP contribution is -2.34. The topological polar surface area (TPSA) is 76.0 Å². The van der Waals surface area contributed by atoms with Crippen LogP contribution in [0.5, 0.6) is 5.75 Å². The molecule has 116 valence electrons. The fourth-order valence-corrected chi connectivity index (χ4v) is 4.41. The van der Waals surface area contributed by atoms with Gasteiger partial charge in [-0.25, -0.2) is 4.79 Å². The second kappa shape index (κ2) is 5.18. The summed E-state index contributed by atoms with van der Waals surface area (Å²) in [6.07, 6.45) is 0.871. The van der Waals surface area contributed by atoms with Crippen LogP contribution in [0.15, 0.2) is 17.0 Å². The van der Waals surface area contributed by atoms with Crippen LogP contribution < -0.4 is 4.65 Å². The van der Waals surface area contributed by atoms with Gasteiger partial charge in [-0.15, -0.1) is 11.8 Å².